The third-order valence-electron chi connectivity index (χ3n) is 4.10. The van der Waals surface area contributed by atoms with Crippen LogP contribution in [0.25, 0.3) is 10.9 Å². The first-order valence-electron chi connectivity index (χ1n) is 7.92. The van der Waals surface area contributed by atoms with Gasteiger partial charge in [0.2, 0.25) is 0 Å². The van der Waals surface area contributed by atoms with Gasteiger partial charge in [0, 0.05) is 29.1 Å². The summed E-state index contributed by atoms with van der Waals surface area (Å²) in [6, 6.07) is 11.2. The minimum atomic E-state index is -0.218. The van der Waals surface area contributed by atoms with Gasteiger partial charge in [0.1, 0.15) is 11.4 Å². The highest BCUT2D eigenvalue weighted by molar-refractivity contribution is 9.10. The van der Waals surface area contributed by atoms with Crippen LogP contribution in [0.3, 0.4) is 0 Å². The topological polar surface area (TPSA) is 72.6 Å². The quantitative estimate of drug-likeness (QED) is 0.636. The molecule has 26 heavy (non-hydrogen) atoms. The van der Waals surface area contributed by atoms with Gasteiger partial charge >= 0.3 is 0 Å². The van der Waals surface area contributed by atoms with Crippen LogP contribution in [0.15, 0.2) is 40.9 Å². The summed E-state index contributed by atoms with van der Waals surface area (Å²) in [5.41, 5.74) is 2.16. The van der Waals surface area contributed by atoms with Gasteiger partial charge in [-0.25, -0.2) is 0 Å². The van der Waals surface area contributed by atoms with Crippen molar-refractivity contribution in [2.45, 2.75) is 6.54 Å². The normalized spacial score (nSPS) is 10.6. The molecule has 0 radical (unpaired) electrons. The molecule has 0 saturated carbocycles. The van der Waals surface area contributed by atoms with E-state index in [2.05, 4.69) is 26.2 Å². The van der Waals surface area contributed by atoms with E-state index in [1.54, 1.807) is 33.5 Å². The Morgan fingerprint density at radius 1 is 1.04 bits per heavy atom. The van der Waals surface area contributed by atoms with Crippen LogP contribution in [-0.4, -0.2) is 32.2 Å². The predicted molar refractivity (Wildman–Crippen MR) is 103 cm³/mol. The lowest BCUT2D eigenvalue weighted by molar-refractivity contribution is 0.0945. The second kappa shape index (κ2) is 7.70. The maximum absolute atomic E-state index is 12.6. The molecule has 7 heteroatoms. The number of carbonyl (C=O) groups is 1. The van der Waals surface area contributed by atoms with E-state index >= 15 is 0 Å². The van der Waals surface area contributed by atoms with Gasteiger partial charge in [-0.3, -0.25) is 4.79 Å². The SMILES string of the molecule is COc1cc(OC)c(OC)cc1CNC(=O)c1[nH]c2ccccc2c1Br. The zero-order chi connectivity index (χ0) is 18.7. The van der Waals surface area contributed by atoms with Crippen LogP contribution < -0.4 is 19.5 Å². The van der Waals surface area contributed by atoms with Crippen LogP contribution in [0.5, 0.6) is 17.2 Å². The van der Waals surface area contributed by atoms with Gasteiger partial charge < -0.3 is 24.5 Å². The van der Waals surface area contributed by atoms with E-state index in [4.69, 9.17) is 14.2 Å². The highest BCUT2D eigenvalue weighted by Gasteiger charge is 2.17. The van der Waals surface area contributed by atoms with Crippen LogP contribution in [0.2, 0.25) is 0 Å². The van der Waals surface area contributed by atoms with E-state index in [1.165, 1.54) is 0 Å². The minimum absolute atomic E-state index is 0.218. The summed E-state index contributed by atoms with van der Waals surface area (Å²) in [6.07, 6.45) is 0. The largest absolute Gasteiger partial charge is 0.496 e. The van der Waals surface area contributed by atoms with Crippen molar-refractivity contribution < 1.29 is 19.0 Å². The molecule has 1 heterocycles. The van der Waals surface area contributed by atoms with Gasteiger partial charge in [-0.2, -0.15) is 0 Å². The number of amides is 1. The molecule has 0 aliphatic heterocycles. The number of nitrogens with one attached hydrogen (secondary N) is 2. The number of fused-ring (bicyclic) bond motifs is 1. The van der Waals surface area contributed by atoms with Gasteiger partial charge in [-0.15, -0.1) is 0 Å². The van der Waals surface area contributed by atoms with Crippen molar-refractivity contribution in [2.75, 3.05) is 21.3 Å². The Hall–Kier alpha value is -2.67. The van der Waals surface area contributed by atoms with E-state index in [0.717, 1.165) is 20.9 Å². The van der Waals surface area contributed by atoms with Crippen molar-refractivity contribution in [1.82, 2.24) is 10.3 Å². The third-order valence-corrected chi connectivity index (χ3v) is 4.92. The number of H-pyrrole nitrogens is 1. The second-order valence-corrected chi connectivity index (χ2v) is 6.35. The Bertz CT molecular complexity index is 952. The Balaban J connectivity index is 1.83. The van der Waals surface area contributed by atoms with E-state index in [1.807, 2.05) is 24.3 Å². The molecule has 6 nitrogen and oxygen atoms in total. The number of aromatic nitrogens is 1. The van der Waals surface area contributed by atoms with Gasteiger partial charge in [-0.05, 0) is 28.1 Å². The molecule has 136 valence electrons. The lowest BCUT2D eigenvalue weighted by atomic mass is 10.1. The van der Waals surface area contributed by atoms with Gasteiger partial charge in [0.15, 0.2) is 11.5 Å². The minimum Gasteiger partial charge on any atom is -0.496 e. The molecular weight excluding hydrogens is 400 g/mol. The average molecular weight is 419 g/mol. The molecule has 2 N–H and O–H groups in total. The number of halogens is 1. The molecule has 0 bridgehead atoms. The average Bonchev–Trinajstić information content (AvgIpc) is 3.02. The first kappa shape index (κ1) is 18.1. The zero-order valence-corrected chi connectivity index (χ0v) is 16.3. The predicted octanol–water partition coefficient (Wildman–Crippen LogP) is 3.89. The van der Waals surface area contributed by atoms with Gasteiger partial charge in [0.05, 0.1) is 25.8 Å². The first-order chi connectivity index (χ1) is 12.6. The Morgan fingerprint density at radius 2 is 1.69 bits per heavy atom. The summed E-state index contributed by atoms with van der Waals surface area (Å²) in [4.78, 5) is 15.8. The number of aromatic amines is 1. The Labute approximate surface area is 159 Å². The first-order valence-corrected chi connectivity index (χ1v) is 8.71. The lowest BCUT2D eigenvalue weighted by Gasteiger charge is -2.14. The maximum atomic E-state index is 12.6. The molecule has 0 aliphatic rings. The maximum Gasteiger partial charge on any atom is 0.269 e. The number of hydrogen-bond donors (Lipinski definition) is 2. The molecule has 0 fully saturated rings. The molecule has 2 aromatic carbocycles. The molecule has 1 aromatic heterocycles. The molecular formula is C19H19BrN2O4. The van der Waals surface area contributed by atoms with Crippen molar-refractivity contribution in [3.05, 3.63) is 52.1 Å². The summed E-state index contributed by atoms with van der Waals surface area (Å²) >= 11 is 3.50. The Kier molecular flexibility index (Phi) is 5.37. The highest BCUT2D eigenvalue weighted by atomic mass is 79.9. The van der Waals surface area contributed by atoms with Crippen molar-refractivity contribution >= 4 is 32.7 Å². The number of hydrogen-bond acceptors (Lipinski definition) is 4. The van der Waals surface area contributed by atoms with Crippen LogP contribution in [-0.2, 0) is 6.54 Å². The molecule has 0 atom stereocenters. The standard InChI is InChI=1S/C19H19BrN2O4/c1-24-14-9-16(26-3)15(25-2)8-11(14)10-21-19(23)18-17(20)12-6-4-5-7-13(12)22-18/h4-9,22H,10H2,1-3H3,(H,21,23). The number of benzene rings is 2. The van der Waals surface area contributed by atoms with Crippen LogP contribution >= 0.6 is 15.9 Å². The molecule has 0 spiro atoms. The van der Waals surface area contributed by atoms with Crippen molar-refractivity contribution in [3.8, 4) is 17.2 Å². The highest BCUT2D eigenvalue weighted by Crippen LogP contribution is 2.34. The number of carbonyl (C=O) groups excluding carboxylic acids is 1. The molecule has 3 aromatic rings. The van der Waals surface area contributed by atoms with Gasteiger partial charge in [-0.1, -0.05) is 18.2 Å². The number of methoxy groups -OCH3 is 3. The fraction of sp³-hybridized carbons (Fsp3) is 0.211. The van der Waals surface area contributed by atoms with Crippen LogP contribution in [0, 0.1) is 0 Å². The lowest BCUT2D eigenvalue weighted by Crippen LogP contribution is -2.23. The Morgan fingerprint density at radius 3 is 2.35 bits per heavy atom. The van der Waals surface area contributed by atoms with Crippen LogP contribution in [0.1, 0.15) is 16.1 Å². The molecule has 0 saturated heterocycles. The fourth-order valence-corrected chi connectivity index (χ4v) is 3.38. The smallest absolute Gasteiger partial charge is 0.269 e. The summed E-state index contributed by atoms with van der Waals surface area (Å²) in [5, 5.41) is 3.86. The number of para-hydroxylation sites is 1. The second-order valence-electron chi connectivity index (χ2n) is 5.56. The summed E-state index contributed by atoms with van der Waals surface area (Å²) < 4.78 is 16.7. The summed E-state index contributed by atoms with van der Waals surface area (Å²) in [5.74, 6) is 1.53. The summed E-state index contributed by atoms with van der Waals surface area (Å²) in [7, 11) is 4.70. The van der Waals surface area contributed by atoms with Crippen molar-refractivity contribution in [2.24, 2.45) is 0 Å². The molecule has 1 amide bonds. The summed E-state index contributed by atoms with van der Waals surface area (Å²) in [6.45, 7) is 0.282. The van der Waals surface area contributed by atoms with E-state index < -0.39 is 0 Å². The molecule has 0 unspecified atom stereocenters. The third kappa shape index (κ3) is 3.35. The van der Waals surface area contributed by atoms with Crippen LogP contribution in [0.4, 0.5) is 0 Å². The molecule has 3 rings (SSSR count). The van der Waals surface area contributed by atoms with Crippen molar-refractivity contribution in [1.29, 1.82) is 0 Å². The number of ether oxygens (including phenoxy) is 3. The zero-order valence-electron chi connectivity index (χ0n) is 14.7. The number of rotatable bonds is 6. The van der Waals surface area contributed by atoms with E-state index in [0.29, 0.717) is 22.9 Å². The molecule has 0 aliphatic carbocycles. The van der Waals surface area contributed by atoms with E-state index in [-0.39, 0.29) is 12.5 Å². The monoisotopic (exact) mass is 418 g/mol. The fourth-order valence-electron chi connectivity index (χ4n) is 2.76. The van der Waals surface area contributed by atoms with E-state index in [9.17, 15) is 4.79 Å². The van der Waals surface area contributed by atoms with Gasteiger partial charge in [0.25, 0.3) is 5.91 Å². The van der Waals surface area contributed by atoms with Crippen molar-refractivity contribution in [3.63, 3.8) is 0 Å².